The number of furan rings is 1. The Morgan fingerprint density at radius 3 is 2.37 bits per heavy atom. The van der Waals surface area contributed by atoms with Crippen molar-refractivity contribution < 1.29 is 23.9 Å². The van der Waals surface area contributed by atoms with Crippen molar-refractivity contribution in [1.82, 2.24) is 10.2 Å². The number of hydrogen-bond donors (Lipinski definition) is 2. The van der Waals surface area contributed by atoms with Gasteiger partial charge in [-0.1, -0.05) is 11.6 Å². The number of carbonyl (C=O) groups is 3. The fourth-order valence-electron chi connectivity index (χ4n) is 2.79. The number of rotatable bonds is 5. The lowest BCUT2D eigenvalue weighted by Crippen LogP contribution is -2.51. The minimum atomic E-state index is -1.19. The maximum Gasteiger partial charge on any atom is 0.338 e. The van der Waals surface area contributed by atoms with Crippen molar-refractivity contribution in [3.05, 3.63) is 52.9 Å². The topological polar surface area (TPSA) is 103 Å². The second kappa shape index (κ2) is 8.13. The number of nitrogens with one attached hydrogen (secondary N) is 1. The second-order valence-corrected chi connectivity index (χ2v) is 6.47. The highest BCUT2D eigenvalue weighted by Gasteiger charge is 2.22. The molecule has 2 amide bonds. The molecule has 0 unspecified atom stereocenters. The third-order valence-corrected chi connectivity index (χ3v) is 4.55. The van der Waals surface area contributed by atoms with Crippen LogP contribution in [0.5, 0.6) is 0 Å². The van der Waals surface area contributed by atoms with Crippen LogP contribution in [0.1, 0.15) is 20.9 Å². The molecule has 8 nitrogen and oxygen atoms in total. The molecule has 0 spiro atoms. The quantitative estimate of drug-likeness (QED) is 0.804. The van der Waals surface area contributed by atoms with Crippen LogP contribution in [0.2, 0.25) is 5.02 Å². The zero-order chi connectivity index (χ0) is 19.4. The Labute approximate surface area is 160 Å². The van der Waals surface area contributed by atoms with Gasteiger partial charge in [-0.25, -0.2) is 4.79 Å². The van der Waals surface area contributed by atoms with Crippen LogP contribution in [-0.4, -0.2) is 60.5 Å². The Morgan fingerprint density at radius 1 is 1.11 bits per heavy atom. The molecule has 0 bridgehead atoms. The van der Waals surface area contributed by atoms with Gasteiger partial charge in [-0.15, -0.1) is 0 Å². The first-order valence-corrected chi connectivity index (χ1v) is 8.70. The third kappa shape index (κ3) is 4.59. The summed E-state index contributed by atoms with van der Waals surface area (Å²) in [6.45, 7) is 2.27. The standard InChI is InChI=1S/C18H18ClN3O5/c19-13-1-3-14(4-2-13)21-5-7-22(8-6-21)16(23)10-20-17(24)15-9-12(11-27-15)18(25)26/h1-4,9,11H,5-8,10H2,(H,20,24)(H,25,26). The van der Waals surface area contributed by atoms with Gasteiger partial charge in [0.05, 0.1) is 12.1 Å². The molecule has 9 heteroatoms. The van der Waals surface area contributed by atoms with Gasteiger partial charge < -0.3 is 24.6 Å². The molecule has 1 aliphatic heterocycles. The lowest BCUT2D eigenvalue weighted by molar-refractivity contribution is -0.130. The molecule has 2 N–H and O–H groups in total. The van der Waals surface area contributed by atoms with Crippen LogP contribution in [0.15, 0.2) is 41.0 Å². The molecule has 2 heterocycles. The van der Waals surface area contributed by atoms with Crippen molar-refractivity contribution in [3.63, 3.8) is 0 Å². The van der Waals surface area contributed by atoms with E-state index in [2.05, 4.69) is 10.2 Å². The molecule has 0 radical (unpaired) electrons. The van der Waals surface area contributed by atoms with Gasteiger partial charge in [0.25, 0.3) is 5.91 Å². The van der Waals surface area contributed by atoms with Crippen molar-refractivity contribution in [2.45, 2.75) is 0 Å². The largest absolute Gasteiger partial charge is 0.478 e. The number of benzene rings is 1. The number of piperazine rings is 1. The Hall–Kier alpha value is -3.00. The Morgan fingerprint density at radius 2 is 1.78 bits per heavy atom. The van der Waals surface area contributed by atoms with Crippen molar-refractivity contribution >= 4 is 35.1 Å². The number of halogens is 1. The van der Waals surface area contributed by atoms with Crippen LogP contribution >= 0.6 is 11.6 Å². The highest BCUT2D eigenvalue weighted by atomic mass is 35.5. The fourth-order valence-corrected chi connectivity index (χ4v) is 2.91. The summed E-state index contributed by atoms with van der Waals surface area (Å²) in [5.41, 5.74) is 0.927. The highest BCUT2D eigenvalue weighted by Crippen LogP contribution is 2.19. The van der Waals surface area contributed by atoms with E-state index < -0.39 is 11.9 Å². The van der Waals surface area contributed by atoms with E-state index in [-0.39, 0.29) is 23.8 Å². The first kappa shape index (κ1) is 18.8. The molecule has 0 atom stereocenters. The van der Waals surface area contributed by atoms with E-state index >= 15 is 0 Å². The van der Waals surface area contributed by atoms with E-state index in [1.165, 1.54) is 0 Å². The fraction of sp³-hybridized carbons (Fsp3) is 0.278. The first-order valence-electron chi connectivity index (χ1n) is 8.32. The lowest BCUT2D eigenvalue weighted by Gasteiger charge is -2.36. The molecule has 1 aromatic heterocycles. The van der Waals surface area contributed by atoms with Gasteiger partial charge in [0, 0.05) is 43.0 Å². The van der Waals surface area contributed by atoms with Crippen LogP contribution in [0, 0.1) is 0 Å². The number of aromatic carboxylic acids is 1. The number of carboxylic acids is 1. The molecule has 2 aromatic rings. The molecule has 142 valence electrons. The van der Waals surface area contributed by atoms with E-state index in [1.807, 2.05) is 24.3 Å². The molecule has 1 aromatic carbocycles. The molecular formula is C18H18ClN3O5. The molecule has 1 aliphatic rings. The average molecular weight is 392 g/mol. The number of nitrogens with zero attached hydrogens (tertiary/aromatic N) is 2. The van der Waals surface area contributed by atoms with Gasteiger partial charge in [0.2, 0.25) is 5.91 Å². The number of anilines is 1. The molecule has 1 fully saturated rings. The van der Waals surface area contributed by atoms with Crippen molar-refractivity contribution in [2.24, 2.45) is 0 Å². The van der Waals surface area contributed by atoms with Crippen LogP contribution in [0.3, 0.4) is 0 Å². The molecule has 1 saturated heterocycles. The van der Waals surface area contributed by atoms with Crippen molar-refractivity contribution in [3.8, 4) is 0 Å². The zero-order valence-corrected chi connectivity index (χ0v) is 15.1. The van der Waals surface area contributed by atoms with Crippen molar-refractivity contribution in [1.29, 1.82) is 0 Å². The SMILES string of the molecule is O=C(O)c1coc(C(=O)NCC(=O)N2CCN(c3ccc(Cl)cc3)CC2)c1. The van der Waals surface area contributed by atoms with E-state index in [9.17, 15) is 14.4 Å². The lowest BCUT2D eigenvalue weighted by atomic mass is 10.2. The minimum Gasteiger partial charge on any atom is -0.478 e. The van der Waals surface area contributed by atoms with E-state index in [0.717, 1.165) is 18.0 Å². The zero-order valence-electron chi connectivity index (χ0n) is 14.4. The summed E-state index contributed by atoms with van der Waals surface area (Å²) in [7, 11) is 0. The Bertz CT molecular complexity index is 841. The number of carbonyl (C=O) groups excluding carboxylic acids is 2. The Kier molecular flexibility index (Phi) is 5.66. The average Bonchev–Trinajstić information content (AvgIpc) is 3.17. The summed E-state index contributed by atoms with van der Waals surface area (Å²) in [5, 5.41) is 12.0. The number of hydrogen-bond acceptors (Lipinski definition) is 5. The summed E-state index contributed by atoms with van der Waals surface area (Å²) in [6.07, 6.45) is 0.981. The van der Waals surface area contributed by atoms with Crippen molar-refractivity contribution in [2.75, 3.05) is 37.6 Å². The predicted octanol–water partition coefficient (Wildman–Crippen LogP) is 1.71. The molecule has 27 heavy (non-hydrogen) atoms. The summed E-state index contributed by atoms with van der Waals surface area (Å²) >= 11 is 5.90. The Balaban J connectivity index is 1.47. The smallest absolute Gasteiger partial charge is 0.338 e. The maximum atomic E-state index is 12.3. The maximum absolute atomic E-state index is 12.3. The summed E-state index contributed by atoms with van der Waals surface area (Å²) < 4.78 is 4.90. The molecule has 3 rings (SSSR count). The monoisotopic (exact) mass is 391 g/mol. The molecule has 0 aliphatic carbocycles. The van der Waals surface area contributed by atoms with Crippen LogP contribution in [0.4, 0.5) is 5.69 Å². The van der Waals surface area contributed by atoms with E-state index in [4.69, 9.17) is 21.1 Å². The molecule has 0 saturated carbocycles. The summed E-state index contributed by atoms with van der Waals surface area (Å²) in [4.78, 5) is 38.9. The van der Waals surface area contributed by atoms with E-state index in [0.29, 0.717) is 31.2 Å². The van der Waals surface area contributed by atoms with Gasteiger partial charge in [0.1, 0.15) is 6.26 Å². The minimum absolute atomic E-state index is 0.121. The van der Waals surface area contributed by atoms with Gasteiger partial charge in [-0.05, 0) is 24.3 Å². The predicted molar refractivity (Wildman–Crippen MR) is 98.2 cm³/mol. The van der Waals surface area contributed by atoms with Gasteiger partial charge in [-0.3, -0.25) is 9.59 Å². The summed E-state index contributed by atoms with van der Waals surface area (Å²) in [5.74, 6) is -2.17. The number of amides is 2. The second-order valence-electron chi connectivity index (χ2n) is 6.03. The van der Waals surface area contributed by atoms with E-state index in [1.54, 1.807) is 4.90 Å². The molecular weight excluding hydrogens is 374 g/mol. The normalized spacial score (nSPS) is 14.1. The summed E-state index contributed by atoms with van der Waals surface area (Å²) in [6, 6.07) is 8.65. The first-order chi connectivity index (χ1) is 12.9. The van der Waals surface area contributed by atoms with Gasteiger partial charge >= 0.3 is 5.97 Å². The van der Waals surface area contributed by atoms with Crippen LogP contribution in [-0.2, 0) is 4.79 Å². The highest BCUT2D eigenvalue weighted by molar-refractivity contribution is 6.30. The van der Waals surface area contributed by atoms with Gasteiger partial charge in [-0.2, -0.15) is 0 Å². The van der Waals surface area contributed by atoms with Gasteiger partial charge in [0.15, 0.2) is 5.76 Å². The number of carboxylic acid groups (broad SMARTS) is 1. The van der Waals surface area contributed by atoms with Crippen LogP contribution < -0.4 is 10.2 Å². The van der Waals surface area contributed by atoms with Crippen LogP contribution in [0.25, 0.3) is 0 Å². The third-order valence-electron chi connectivity index (χ3n) is 4.29.